The Labute approximate surface area is 128 Å². The molecule has 0 spiro atoms. The SMILES string of the molecule is O=C(NC1CC1)C1CCCN(Cc2cccc(Br)c2)C1. The molecule has 0 radical (unpaired) electrons. The predicted octanol–water partition coefficient (Wildman–Crippen LogP) is 2.94. The van der Waals surface area contributed by atoms with Gasteiger partial charge in [-0.05, 0) is 49.9 Å². The molecule has 0 aromatic heterocycles. The molecule has 3 nitrogen and oxygen atoms in total. The number of halogens is 1. The van der Waals surface area contributed by atoms with Gasteiger partial charge in [0.15, 0.2) is 0 Å². The van der Waals surface area contributed by atoms with E-state index >= 15 is 0 Å². The van der Waals surface area contributed by atoms with E-state index in [4.69, 9.17) is 0 Å². The summed E-state index contributed by atoms with van der Waals surface area (Å²) in [5.74, 6) is 0.447. The number of carbonyl (C=O) groups is 1. The maximum atomic E-state index is 12.2. The van der Waals surface area contributed by atoms with Crippen molar-refractivity contribution in [1.82, 2.24) is 10.2 Å². The van der Waals surface area contributed by atoms with Crippen molar-refractivity contribution in [1.29, 1.82) is 0 Å². The lowest BCUT2D eigenvalue weighted by atomic mass is 9.96. The van der Waals surface area contributed by atoms with Gasteiger partial charge in [0.05, 0.1) is 5.92 Å². The van der Waals surface area contributed by atoms with E-state index in [2.05, 4.69) is 44.3 Å². The summed E-state index contributed by atoms with van der Waals surface area (Å²) >= 11 is 3.51. The summed E-state index contributed by atoms with van der Waals surface area (Å²) in [5.41, 5.74) is 1.31. The summed E-state index contributed by atoms with van der Waals surface area (Å²) in [6, 6.07) is 8.90. The molecule has 0 bridgehead atoms. The van der Waals surface area contributed by atoms with Crippen molar-refractivity contribution in [3.05, 3.63) is 34.3 Å². The first-order valence-corrected chi connectivity index (χ1v) is 8.27. The molecular formula is C16H21BrN2O. The summed E-state index contributed by atoms with van der Waals surface area (Å²) in [5, 5.41) is 3.14. The zero-order valence-electron chi connectivity index (χ0n) is 11.6. The number of benzene rings is 1. The van der Waals surface area contributed by atoms with E-state index in [1.165, 1.54) is 18.4 Å². The first-order chi connectivity index (χ1) is 9.70. The van der Waals surface area contributed by atoms with Crippen LogP contribution in [0, 0.1) is 5.92 Å². The van der Waals surface area contributed by atoms with Gasteiger partial charge in [-0.25, -0.2) is 0 Å². The molecule has 1 amide bonds. The van der Waals surface area contributed by atoms with Crippen LogP contribution in [0.5, 0.6) is 0 Å². The number of likely N-dealkylation sites (tertiary alicyclic amines) is 1. The predicted molar refractivity (Wildman–Crippen MR) is 83.3 cm³/mol. The summed E-state index contributed by atoms with van der Waals surface area (Å²) in [6.07, 6.45) is 4.49. The minimum atomic E-state index is 0.177. The molecule has 1 N–H and O–H groups in total. The van der Waals surface area contributed by atoms with Crippen LogP contribution in [0.2, 0.25) is 0 Å². The van der Waals surface area contributed by atoms with Gasteiger partial charge in [-0.15, -0.1) is 0 Å². The molecule has 20 heavy (non-hydrogen) atoms. The number of hydrogen-bond acceptors (Lipinski definition) is 2. The lowest BCUT2D eigenvalue weighted by molar-refractivity contribution is -0.126. The Morgan fingerprint density at radius 3 is 2.95 bits per heavy atom. The van der Waals surface area contributed by atoms with E-state index in [0.717, 1.165) is 36.9 Å². The Kier molecular flexibility index (Phi) is 4.41. The topological polar surface area (TPSA) is 32.3 Å². The minimum absolute atomic E-state index is 0.177. The molecule has 1 aromatic rings. The molecule has 108 valence electrons. The molecular weight excluding hydrogens is 316 g/mol. The van der Waals surface area contributed by atoms with Crippen molar-refractivity contribution in [3.63, 3.8) is 0 Å². The van der Waals surface area contributed by atoms with Crippen LogP contribution in [0.4, 0.5) is 0 Å². The Bertz CT molecular complexity index is 487. The van der Waals surface area contributed by atoms with Gasteiger partial charge in [0, 0.05) is 23.6 Å². The van der Waals surface area contributed by atoms with E-state index < -0.39 is 0 Å². The first kappa shape index (κ1) is 14.1. The third-order valence-electron chi connectivity index (χ3n) is 4.10. The second-order valence-electron chi connectivity index (χ2n) is 5.99. The average molecular weight is 337 g/mol. The zero-order chi connectivity index (χ0) is 13.9. The van der Waals surface area contributed by atoms with E-state index in [9.17, 15) is 4.79 Å². The van der Waals surface area contributed by atoms with Gasteiger partial charge in [0.25, 0.3) is 0 Å². The molecule has 2 fully saturated rings. The summed E-state index contributed by atoms with van der Waals surface area (Å²) in [6.45, 7) is 2.93. The van der Waals surface area contributed by atoms with E-state index in [-0.39, 0.29) is 11.8 Å². The highest BCUT2D eigenvalue weighted by atomic mass is 79.9. The van der Waals surface area contributed by atoms with Gasteiger partial charge in [-0.3, -0.25) is 9.69 Å². The maximum absolute atomic E-state index is 12.2. The highest BCUT2D eigenvalue weighted by Gasteiger charge is 2.30. The monoisotopic (exact) mass is 336 g/mol. The summed E-state index contributed by atoms with van der Waals surface area (Å²) < 4.78 is 1.12. The van der Waals surface area contributed by atoms with Crippen molar-refractivity contribution in [2.45, 2.75) is 38.3 Å². The molecule has 1 atom stereocenters. The number of carbonyl (C=O) groups excluding carboxylic acids is 1. The highest BCUT2D eigenvalue weighted by Crippen LogP contribution is 2.23. The second-order valence-corrected chi connectivity index (χ2v) is 6.90. The average Bonchev–Trinajstić information content (AvgIpc) is 3.23. The largest absolute Gasteiger partial charge is 0.353 e. The molecule has 2 aliphatic rings. The summed E-state index contributed by atoms with van der Waals surface area (Å²) in [7, 11) is 0. The Morgan fingerprint density at radius 2 is 2.20 bits per heavy atom. The molecule has 1 aliphatic heterocycles. The molecule has 1 unspecified atom stereocenters. The van der Waals surface area contributed by atoms with Crippen LogP contribution in [0.3, 0.4) is 0 Å². The number of nitrogens with zero attached hydrogens (tertiary/aromatic N) is 1. The van der Waals surface area contributed by atoms with Gasteiger partial charge in [-0.2, -0.15) is 0 Å². The number of piperidine rings is 1. The molecule has 1 aromatic carbocycles. The molecule has 1 aliphatic carbocycles. The van der Waals surface area contributed by atoms with Gasteiger partial charge >= 0.3 is 0 Å². The lowest BCUT2D eigenvalue weighted by Crippen LogP contribution is -2.43. The van der Waals surface area contributed by atoms with Gasteiger partial charge in [0.2, 0.25) is 5.91 Å². The van der Waals surface area contributed by atoms with Crippen LogP contribution in [0.1, 0.15) is 31.2 Å². The van der Waals surface area contributed by atoms with Crippen molar-refractivity contribution in [2.24, 2.45) is 5.92 Å². The molecule has 3 rings (SSSR count). The van der Waals surface area contributed by atoms with Crippen molar-refractivity contribution >= 4 is 21.8 Å². The third kappa shape index (κ3) is 3.83. The molecule has 1 heterocycles. The number of nitrogens with one attached hydrogen (secondary N) is 1. The Morgan fingerprint density at radius 1 is 1.35 bits per heavy atom. The third-order valence-corrected chi connectivity index (χ3v) is 4.59. The molecule has 1 saturated carbocycles. The Hall–Kier alpha value is -0.870. The minimum Gasteiger partial charge on any atom is -0.353 e. The van der Waals surface area contributed by atoms with Gasteiger partial charge < -0.3 is 5.32 Å². The molecule has 1 saturated heterocycles. The fraction of sp³-hybridized carbons (Fsp3) is 0.562. The van der Waals surface area contributed by atoms with Crippen LogP contribution >= 0.6 is 15.9 Å². The van der Waals surface area contributed by atoms with Gasteiger partial charge in [-0.1, -0.05) is 28.1 Å². The smallest absolute Gasteiger partial charge is 0.224 e. The van der Waals surface area contributed by atoms with E-state index in [0.29, 0.717) is 6.04 Å². The number of hydrogen-bond donors (Lipinski definition) is 1. The van der Waals surface area contributed by atoms with Crippen molar-refractivity contribution in [3.8, 4) is 0 Å². The van der Waals surface area contributed by atoms with Crippen LogP contribution < -0.4 is 5.32 Å². The number of rotatable bonds is 4. The molecule has 4 heteroatoms. The quantitative estimate of drug-likeness (QED) is 0.916. The lowest BCUT2D eigenvalue weighted by Gasteiger charge is -2.32. The normalized spacial score (nSPS) is 23.6. The fourth-order valence-corrected chi connectivity index (χ4v) is 3.30. The Balaban J connectivity index is 1.55. The second kappa shape index (κ2) is 6.27. The van der Waals surface area contributed by atoms with Crippen molar-refractivity contribution < 1.29 is 4.79 Å². The van der Waals surface area contributed by atoms with Crippen molar-refractivity contribution in [2.75, 3.05) is 13.1 Å². The van der Waals surface area contributed by atoms with Crippen LogP contribution in [-0.4, -0.2) is 29.9 Å². The zero-order valence-corrected chi connectivity index (χ0v) is 13.2. The highest BCUT2D eigenvalue weighted by molar-refractivity contribution is 9.10. The van der Waals surface area contributed by atoms with Crippen LogP contribution in [0.25, 0.3) is 0 Å². The fourth-order valence-electron chi connectivity index (χ4n) is 2.85. The van der Waals surface area contributed by atoms with Crippen LogP contribution in [0.15, 0.2) is 28.7 Å². The standard InChI is InChI=1S/C16H21BrN2O/c17-14-5-1-3-12(9-14)10-19-8-2-4-13(11-19)16(20)18-15-6-7-15/h1,3,5,9,13,15H,2,4,6-8,10-11H2,(H,18,20). The van der Waals surface area contributed by atoms with Crippen LogP contribution in [-0.2, 0) is 11.3 Å². The summed E-state index contributed by atoms with van der Waals surface area (Å²) in [4.78, 5) is 14.6. The van der Waals surface area contributed by atoms with E-state index in [1.807, 2.05) is 6.07 Å². The first-order valence-electron chi connectivity index (χ1n) is 7.48. The number of amides is 1. The maximum Gasteiger partial charge on any atom is 0.224 e. The van der Waals surface area contributed by atoms with E-state index in [1.54, 1.807) is 0 Å². The van der Waals surface area contributed by atoms with Gasteiger partial charge in [0.1, 0.15) is 0 Å².